The van der Waals surface area contributed by atoms with Crippen molar-refractivity contribution in [2.24, 2.45) is 11.1 Å². The molecule has 2 atom stereocenters. The molecule has 2 rings (SSSR count). The molecule has 0 aliphatic heterocycles. The smallest absolute Gasteiger partial charge is 0.193 e. The van der Waals surface area contributed by atoms with E-state index in [4.69, 9.17) is 5.73 Å². The van der Waals surface area contributed by atoms with E-state index in [1.807, 2.05) is 65.1 Å². The molecular weight excluding hydrogens is 472 g/mol. The SMILES string of the molecule is C=c1c(=O)/c1=C/C(C)=C\C.CC.CCCC1(CCNC(=CO)NC(C)/C(=C\C=C/NC(C)C)C(C)N)CC1. The normalized spacial score (nSPS) is 17.4. The van der Waals surface area contributed by atoms with E-state index in [2.05, 4.69) is 50.2 Å². The standard InChI is InChI=1S/C21H40N4O.C9H10O.C2H6/c1-6-9-21(10-11-21)12-14-24-20(15-26)25-18(5)19(17(4)22)8-7-13-23-16(2)3;1-4-6(2)5-8-7(3)9(8)10;1-2/h7-8,13,15-18,23-26H,6,9-12,14,22H2,1-5H3;4-5H,3H2,1-2H3;1-2H3/b13-7-,19-8-,20-15?;6-4-,8-5+;. The number of nitrogens with two attached hydrogens (primary N) is 1. The fourth-order valence-corrected chi connectivity index (χ4v) is 4.03. The molecule has 216 valence electrons. The summed E-state index contributed by atoms with van der Waals surface area (Å²) in [6.45, 7) is 22.8. The van der Waals surface area contributed by atoms with Gasteiger partial charge in [0.2, 0.25) is 0 Å². The van der Waals surface area contributed by atoms with Gasteiger partial charge in [-0.25, -0.2) is 0 Å². The van der Waals surface area contributed by atoms with E-state index < -0.39 is 0 Å². The molecule has 6 heteroatoms. The monoisotopic (exact) mass is 528 g/mol. The highest BCUT2D eigenvalue weighted by atomic mass is 16.2. The van der Waals surface area contributed by atoms with Gasteiger partial charge in [0.25, 0.3) is 0 Å². The van der Waals surface area contributed by atoms with Crippen LogP contribution >= 0.6 is 0 Å². The minimum absolute atomic E-state index is 0.0233. The molecule has 0 saturated heterocycles. The lowest BCUT2D eigenvalue weighted by Crippen LogP contribution is -2.39. The van der Waals surface area contributed by atoms with Gasteiger partial charge in [0.1, 0.15) is 12.1 Å². The lowest BCUT2D eigenvalue weighted by Gasteiger charge is -2.24. The molecule has 2 unspecified atom stereocenters. The van der Waals surface area contributed by atoms with Gasteiger partial charge in [-0.3, -0.25) is 4.79 Å². The maximum absolute atomic E-state index is 10.7. The fourth-order valence-electron chi connectivity index (χ4n) is 4.03. The van der Waals surface area contributed by atoms with Crippen molar-refractivity contribution in [3.63, 3.8) is 0 Å². The zero-order valence-corrected chi connectivity index (χ0v) is 25.6. The third-order valence-electron chi connectivity index (χ3n) is 6.66. The van der Waals surface area contributed by atoms with Crippen molar-refractivity contribution in [1.29, 1.82) is 0 Å². The van der Waals surface area contributed by atoms with Crippen molar-refractivity contribution in [3.05, 3.63) is 68.3 Å². The molecule has 38 heavy (non-hydrogen) atoms. The minimum atomic E-state index is -0.0690. The van der Waals surface area contributed by atoms with E-state index in [0.717, 1.165) is 35.6 Å². The van der Waals surface area contributed by atoms with Crippen molar-refractivity contribution in [2.45, 2.75) is 113 Å². The van der Waals surface area contributed by atoms with E-state index in [1.54, 1.807) is 0 Å². The van der Waals surface area contributed by atoms with Crippen molar-refractivity contribution in [1.82, 2.24) is 16.0 Å². The molecule has 0 aromatic heterocycles. The Balaban J connectivity index is 0.000000944. The average Bonchev–Trinajstić information content (AvgIpc) is 3.78. The molecule has 0 spiro atoms. The van der Waals surface area contributed by atoms with Gasteiger partial charge in [-0.1, -0.05) is 51.5 Å². The molecule has 1 saturated carbocycles. The number of aliphatic hydroxyl groups excluding tert-OH is 1. The van der Waals surface area contributed by atoms with Gasteiger partial charge in [-0.2, -0.15) is 0 Å². The number of hydrogen-bond acceptors (Lipinski definition) is 6. The third-order valence-corrected chi connectivity index (χ3v) is 6.66. The quantitative estimate of drug-likeness (QED) is 0.176. The van der Waals surface area contributed by atoms with Crippen LogP contribution in [0.4, 0.5) is 0 Å². The van der Waals surface area contributed by atoms with Gasteiger partial charge >= 0.3 is 0 Å². The van der Waals surface area contributed by atoms with Crippen LogP contribution in [0.2, 0.25) is 0 Å². The van der Waals surface area contributed by atoms with E-state index in [0.29, 0.717) is 22.5 Å². The Hall–Kier alpha value is -2.73. The average molecular weight is 529 g/mol. The molecule has 1 aromatic carbocycles. The summed E-state index contributed by atoms with van der Waals surface area (Å²) in [5.74, 6) is 0.653. The highest BCUT2D eigenvalue weighted by Gasteiger charge is 2.40. The van der Waals surface area contributed by atoms with Gasteiger partial charge in [0, 0.05) is 35.1 Å². The molecule has 0 heterocycles. The molecule has 1 fully saturated rings. The van der Waals surface area contributed by atoms with Crippen LogP contribution in [0.25, 0.3) is 12.7 Å². The van der Waals surface area contributed by atoms with Gasteiger partial charge < -0.3 is 26.8 Å². The summed E-state index contributed by atoms with van der Waals surface area (Å²) in [6.07, 6.45) is 17.3. The molecular formula is C32H56N4O2. The minimum Gasteiger partial charge on any atom is -0.512 e. The Morgan fingerprint density at radius 1 is 1.18 bits per heavy atom. The van der Waals surface area contributed by atoms with Crippen LogP contribution in [0.1, 0.15) is 94.4 Å². The first kappa shape index (κ1) is 35.3. The topological polar surface area (TPSA) is 99.4 Å². The maximum atomic E-state index is 10.7. The fraction of sp³-hybridized carbons (Fsp3) is 0.594. The van der Waals surface area contributed by atoms with Crippen molar-refractivity contribution < 1.29 is 5.11 Å². The van der Waals surface area contributed by atoms with Crippen LogP contribution in [-0.2, 0) is 0 Å². The lowest BCUT2D eigenvalue weighted by atomic mass is 9.97. The van der Waals surface area contributed by atoms with E-state index in [-0.39, 0.29) is 17.5 Å². The summed E-state index contributed by atoms with van der Waals surface area (Å²) >= 11 is 0. The molecule has 1 aliphatic carbocycles. The van der Waals surface area contributed by atoms with Crippen LogP contribution in [0, 0.1) is 5.41 Å². The largest absolute Gasteiger partial charge is 0.512 e. The Morgan fingerprint density at radius 2 is 1.79 bits per heavy atom. The summed E-state index contributed by atoms with van der Waals surface area (Å²) in [5.41, 5.74) is 8.99. The highest BCUT2D eigenvalue weighted by molar-refractivity contribution is 5.48. The zero-order valence-electron chi connectivity index (χ0n) is 25.6. The van der Waals surface area contributed by atoms with Crippen LogP contribution in [0.15, 0.2) is 52.5 Å². The van der Waals surface area contributed by atoms with E-state index in [1.165, 1.54) is 25.7 Å². The van der Waals surface area contributed by atoms with E-state index in [9.17, 15) is 9.90 Å². The van der Waals surface area contributed by atoms with Gasteiger partial charge in [0.15, 0.2) is 5.43 Å². The van der Waals surface area contributed by atoms with Crippen LogP contribution in [0.3, 0.4) is 0 Å². The second-order valence-electron chi connectivity index (χ2n) is 10.4. The second-order valence-corrected chi connectivity index (χ2v) is 10.4. The Bertz CT molecular complexity index is 1010. The van der Waals surface area contributed by atoms with Crippen molar-refractivity contribution in [2.75, 3.05) is 6.54 Å². The summed E-state index contributed by atoms with van der Waals surface area (Å²) in [7, 11) is 0. The van der Waals surface area contributed by atoms with E-state index >= 15 is 0 Å². The number of hydrogen-bond donors (Lipinski definition) is 5. The summed E-state index contributed by atoms with van der Waals surface area (Å²) in [6, 6.07) is 0.361. The molecule has 1 aliphatic rings. The number of nitrogens with one attached hydrogen (secondary N) is 3. The highest BCUT2D eigenvalue weighted by Crippen LogP contribution is 2.52. The molecule has 6 nitrogen and oxygen atoms in total. The molecule has 6 N–H and O–H groups in total. The van der Waals surface area contributed by atoms with Gasteiger partial charge in [-0.05, 0) is 96.6 Å². The first-order valence-corrected chi connectivity index (χ1v) is 14.3. The summed E-state index contributed by atoms with van der Waals surface area (Å²) in [4.78, 5) is 10.7. The summed E-state index contributed by atoms with van der Waals surface area (Å²) < 4.78 is 0. The van der Waals surface area contributed by atoms with Crippen molar-refractivity contribution in [3.8, 4) is 0 Å². The number of rotatable bonds is 14. The predicted octanol–water partition coefficient (Wildman–Crippen LogP) is 4.77. The molecule has 1 aromatic rings. The first-order valence-electron chi connectivity index (χ1n) is 14.3. The molecule has 0 radical (unpaired) electrons. The van der Waals surface area contributed by atoms with Crippen LogP contribution in [-0.4, -0.2) is 29.8 Å². The Kier molecular flexibility index (Phi) is 17.2. The molecule has 0 amide bonds. The van der Waals surface area contributed by atoms with Gasteiger partial charge in [0.05, 0.1) is 0 Å². The van der Waals surface area contributed by atoms with Gasteiger partial charge in [-0.15, -0.1) is 0 Å². The molecule has 0 bridgehead atoms. The van der Waals surface area contributed by atoms with Crippen LogP contribution < -0.4 is 37.6 Å². The first-order chi connectivity index (χ1) is 18.0. The van der Waals surface area contributed by atoms with Crippen molar-refractivity contribution >= 4 is 12.7 Å². The predicted molar refractivity (Wildman–Crippen MR) is 167 cm³/mol. The number of aliphatic hydroxyl groups is 1. The Morgan fingerprint density at radius 3 is 2.21 bits per heavy atom. The summed E-state index contributed by atoms with van der Waals surface area (Å²) in [5, 5.41) is 20.9. The lowest BCUT2D eigenvalue weighted by molar-refractivity contribution is 0.403. The Labute approximate surface area is 232 Å². The maximum Gasteiger partial charge on any atom is 0.193 e. The third kappa shape index (κ3) is 13.7. The number of allylic oxidation sites excluding steroid dienone is 4. The van der Waals surface area contributed by atoms with Crippen LogP contribution in [0.5, 0.6) is 0 Å². The second kappa shape index (κ2) is 18.5. The zero-order chi connectivity index (χ0) is 29.3.